The number of benzene rings is 1. The first-order valence-electron chi connectivity index (χ1n) is 4.09. The second-order valence-corrected chi connectivity index (χ2v) is 3.26. The van der Waals surface area contributed by atoms with Gasteiger partial charge in [-0.3, -0.25) is 4.90 Å². The predicted octanol–water partition coefficient (Wildman–Crippen LogP) is 2.08. The Kier molecular flexibility index (Phi) is 2.10. The second kappa shape index (κ2) is 3.26. The van der Waals surface area contributed by atoms with Crippen molar-refractivity contribution in [2.75, 3.05) is 18.0 Å². The van der Waals surface area contributed by atoms with Crippen molar-refractivity contribution in [2.24, 2.45) is 0 Å². The van der Waals surface area contributed by atoms with Crippen LogP contribution >= 0.6 is 11.8 Å². The molecule has 1 aliphatic heterocycles. The lowest BCUT2D eigenvalue weighted by Gasteiger charge is -2.14. The zero-order valence-corrected chi connectivity index (χ0v) is 7.74. The molecule has 1 fully saturated rings. The van der Waals surface area contributed by atoms with Crippen LogP contribution < -0.4 is 4.90 Å². The van der Waals surface area contributed by atoms with Gasteiger partial charge in [-0.05, 0) is 12.1 Å². The van der Waals surface area contributed by atoms with E-state index < -0.39 is 0 Å². The SMILES string of the molecule is O=C1N(Cl)CCN1c1ccccc1. The van der Waals surface area contributed by atoms with E-state index in [-0.39, 0.29) is 6.03 Å². The van der Waals surface area contributed by atoms with Crippen molar-refractivity contribution < 1.29 is 4.79 Å². The number of rotatable bonds is 1. The summed E-state index contributed by atoms with van der Waals surface area (Å²) in [6.07, 6.45) is 0. The lowest BCUT2D eigenvalue weighted by molar-refractivity contribution is 0.240. The summed E-state index contributed by atoms with van der Waals surface area (Å²) in [7, 11) is 0. The molecule has 0 spiro atoms. The van der Waals surface area contributed by atoms with Crippen LogP contribution in [-0.2, 0) is 0 Å². The molecule has 4 heteroatoms. The summed E-state index contributed by atoms with van der Waals surface area (Å²) < 4.78 is 1.20. The van der Waals surface area contributed by atoms with Gasteiger partial charge in [-0.15, -0.1) is 0 Å². The average molecular weight is 197 g/mol. The number of carbonyl (C=O) groups is 1. The van der Waals surface area contributed by atoms with Gasteiger partial charge in [0.1, 0.15) is 0 Å². The Balaban J connectivity index is 2.24. The van der Waals surface area contributed by atoms with E-state index in [0.717, 1.165) is 5.69 Å². The number of hydrogen-bond acceptors (Lipinski definition) is 1. The van der Waals surface area contributed by atoms with Crippen LogP contribution in [0.1, 0.15) is 0 Å². The number of carbonyl (C=O) groups excluding carboxylic acids is 1. The summed E-state index contributed by atoms with van der Waals surface area (Å²) in [6, 6.07) is 9.37. The Morgan fingerprint density at radius 1 is 1.15 bits per heavy atom. The molecule has 1 aromatic rings. The molecule has 2 rings (SSSR count). The molecule has 0 aliphatic carbocycles. The van der Waals surface area contributed by atoms with Gasteiger partial charge < -0.3 is 0 Å². The van der Waals surface area contributed by atoms with Gasteiger partial charge >= 0.3 is 6.03 Å². The van der Waals surface area contributed by atoms with E-state index in [2.05, 4.69) is 0 Å². The van der Waals surface area contributed by atoms with E-state index in [9.17, 15) is 4.79 Å². The minimum atomic E-state index is -0.145. The summed E-state index contributed by atoms with van der Waals surface area (Å²) >= 11 is 5.65. The van der Waals surface area contributed by atoms with Crippen molar-refractivity contribution >= 4 is 23.5 Å². The summed E-state index contributed by atoms with van der Waals surface area (Å²) in [5.41, 5.74) is 0.899. The van der Waals surface area contributed by atoms with E-state index >= 15 is 0 Å². The molecule has 68 valence electrons. The fourth-order valence-corrected chi connectivity index (χ4v) is 1.52. The molecule has 13 heavy (non-hydrogen) atoms. The van der Waals surface area contributed by atoms with Gasteiger partial charge in [0.25, 0.3) is 0 Å². The highest BCUT2D eigenvalue weighted by atomic mass is 35.5. The monoisotopic (exact) mass is 196 g/mol. The number of nitrogens with zero attached hydrogens (tertiary/aromatic N) is 2. The highest BCUT2D eigenvalue weighted by molar-refractivity contribution is 6.24. The van der Waals surface area contributed by atoms with Crippen molar-refractivity contribution in [1.29, 1.82) is 0 Å². The smallest absolute Gasteiger partial charge is 0.291 e. The summed E-state index contributed by atoms with van der Waals surface area (Å²) in [6.45, 7) is 1.24. The van der Waals surface area contributed by atoms with Crippen molar-refractivity contribution in [3.8, 4) is 0 Å². The first-order valence-corrected chi connectivity index (χ1v) is 4.43. The molecule has 0 aromatic heterocycles. The van der Waals surface area contributed by atoms with Crippen molar-refractivity contribution in [1.82, 2.24) is 4.42 Å². The molecular formula is C9H9ClN2O. The van der Waals surface area contributed by atoms with Gasteiger partial charge in [0.05, 0.1) is 6.54 Å². The van der Waals surface area contributed by atoms with Crippen LogP contribution in [0.25, 0.3) is 0 Å². The fourth-order valence-electron chi connectivity index (χ4n) is 1.36. The average Bonchev–Trinajstić information content (AvgIpc) is 2.49. The number of urea groups is 1. The largest absolute Gasteiger partial charge is 0.339 e. The van der Waals surface area contributed by atoms with Gasteiger partial charge in [-0.1, -0.05) is 18.2 Å². The topological polar surface area (TPSA) is 23.6 Å². The zero-order valence-electron chi connectivity index (χ0n) is 6.98. The van der Waals surface area contributed by atoms with Gasteiger partial charge in [0.15, 0.2) is 0 Å². The molecular weight excluding hydrogens is 188 g/mol. The summed E-state index contributed by atoms with van der Waals surface area (Å²) in [5, 5.41) is 0. The summed E-state index contributed by atoms with van der Waals surface area (Å²) in [4.78, 5) is 13.1. The van der Waals surface area contributed by atoms with Crippen LogP contribution in [0, 0.1) is 0 Å². The minimum Gasteiger partial charge on any atom is -0.291 e. The van der Waals surface area contributed by atoms with Crippen LogP contribution in [-0.4, -0.2) is 23.5 Å². The Labute approximate surface area is 81.6 Å². The Morgan fingerprint density at radius 2 is 1.85 bits per heavy atom. The molecule has 1 aliphatic rings. The maximum atomic E-state index is 11.4. The standard InChI is InChI=1S/C9H9ClN2O/c10-12-7-6-11(9(12)13)8-4-2-1-3-5-8/h1-5H,6-7H2. The first kappa shape index (κ1) is 8.38. The molecule has 1 saturated heterocycles. The van der Waals surface area contributed by atoms with Crippen molar-refractivity contribution in [3.63, 3.8) is 0 Å². The summed E-state index contributed by atoms with van der Waals surface area (Å²) in [5.74, 6) is 0. The third kappa shape index (κ3) is 1.47. The quantitative estimate of drug-likeness (QED) is 0.631. The maximum absolute atomic E-state index is 11.4. The Bertz CT molecular complexity index is 315. The molecule has 0 saturated carbocycles. The molecule has 1 aromatic carbocycles. The van der Waals surface area contributed by atoms with E-state index in [1.54, 1.807) is 4.90 Å². The van der Waals surface area contributed by atoms with Crippen molar-refractivity contribution in [2.45, 2.75) is 0 Å². The normalized spacial score (nSPS) is 16.8. The molecule has 0 unspecified atom stereocenters. The number of hydrogen-bond donors (Lipinski definition) is 0. The van der Waals surface area contributed by atoms with Gasteiger partial charge in [-0.25, -0.2) is 9.21 Å². The van der Waals surface area contributed by atoms with Gasteiger partial charge in [-0.2, -0.15) is 0 Å². The van der Waals surface area contributed by atoms with Crippen LogP contribution in [0.2, 0.25) is 0 Å². The van der Waals surface area contributed by atoms with E-state index in [4.69, 9.17) is 11.8 Å². The minimum absolute atomic E-state index is 0.145. The predicted molar refractivity (Wildman–Crippen MR) is 51.7 cm³/mol. The van der Waals surface area contributed by atoms with Crippen molar-refractivity contribution in [3.05, 3.63) is 30.3 Å². The molecule has 0 N–H and O–H groups in total. The number of halogens is 1. The van der Waals surface area contributed by atoms with Crippen LogP contribution in [0.15, 0.2) is 30.3 Å². The maximum Gasteiger partial charge on any atom is 0.339 e. The van der Waals surface area contributed by atoms with E-state index in [1.807, 2.05) is 30.3 Å². The van der Waals surface area contributed by atoms with E-state index in [1.165, 1.54) is 4.42 Å². The lowest BCUT2D eigenvalue weighted by atomic mass is 10.3. The molecule has 0 radical (unpaired) electrons. The molecule has 0 atom stereocenters. The molecule has 2 amide bonds. The second-order valence-electron chi connectivity index (χ2n) is 2.86. The molecule has 0 bridgehead atoms. The van der Waals surface area contributed by atoms with E-state index in [0.29, 0.717) is 13.1 Å². The van der Waals surface area contributed by atoms with Crippen LogP contribution in [0.5, 0.6) is 0 Å². The number of anilines is 1. The molecule has 3 nitrogen and oxygen atoms in total. The number of para-hydroxylation sites is 1. The van der Waals surface area contributed by atoms with Crippen LogP contribution in [0.4, 0.5) is 10.5 Å². The lowest BCUT2D eigenvalue weighted by Crippen LogP contribution is -2.26. The Hall–Kier alpha value is -1.22. The number of amides is 2. The van der Waals surface area contributed by atoms with Crippen LogP contribution in [0.3, 0.4) is 0 Å². The highest BCUT2D eigenvalue weighted by Crippen LogP contribution is 2.20. The fraction of sp³-hybridized carbons (Fsp3) is 0.222. The zero-order chi connectivity index (χ0) is 9.26. The Morgan fingerprint density at radius 3 is 2.38 bits per heavy atom. The third-order valence-corrected chi connectivity index (χ3v) is 2.34. The first-order chi connectivity index (χ1) is 6.29. The van der Waals surface area contributed by atoms with Gasteiger partial charge in [0, 0.05) is 24.0 Å². The third-order valence-electron chi connectivity index (χ3n) is 2.03. The highest BCUT2D eigenvalue weighted by Gasteiger charge is 2.27. The van der Waals surface area contributed by atoms with Gasteiger partial charge in [0.2, 0.25) is 0 Å². The molecule has 1 heterocycles.